The fourth-order valence-corrected chi connectivity index (χ4v) is 3.73. The fourth-order valence-electron chi connectivity index (χ4n) is 3.73. The summed E-state index contributed by atoms with van der Waals surface area (Å²) in [6.45, 7) is 3.38. The number of fused-ring (bicyclic) bond motifs is 2. The summed E-state index contributed by atoms with van der Waals surface area (Å²) in [6, 6.07) is 9.67. The van der Waals surface area contributed by atoms with Gasteiger partial charge in [-0.25, -0.2) is 4.98 Å². The van der Waals surface area contributed by atoms with Crippen molar-refractivity contribution in [3.63, 3.8) is 0 Å². The van der Waals surface area contributed by atoms with Gasteiger partial charge in [0.2, 0.25) is 5.88 Å². The van der Waals surface area contributed by atoms with Gasteiger partial charge in [0, 0.05) is 41.4 Å². The summed E-state index contributed by atoms with van der Waals surface area (Å²) in [7, 11) is 0. The van der Waals surface area contributed by atoms with Crippen molar-refractivity contribution in [1.29, 1.82) is 5.26 Å². The number of nitrogens with one attached hydrogen (secondary N) is 3. The largest absolute Gasteiger partial charge is 0.474 e. The molecule has 2 aliphatic heterocycles. The Labute approximate surface area is 167 Å². The highest BCUT2D eigenvalue weighted by molar-refractivity contribution is 6.35. The molecule has 5 rings (SSSR count). The molecule has 3 aromatic rings. The monoisotopic (exact) mass is 383 g/mol. The summed E-state index contributed by atoms with van der Waals surface area (Å²) in [5.41, 5.74) is 7.29. The molecule has 0 aliphatic carbocycles. The molecule has 0 fully saturated rings. The highest BCUT2D eigenvalue weighted by Gasteiger charge is 2.25. The van der Waals surface area contributed by atoms with Gasteiger partial charge in [-0.3, -0.25) is 4.79 Å². The van der Waals surface area contributed by atoms with Gasteiger partial charge < -0.3 is 20.4 Å². The molecule has 0 atom stereocenters. The molecule has 0 radical (unpaired) electrons. The highest BCUT2D eigenvalue weighted by Crippen LogP contribution is 2.39. The quantitative estimate of drug-likeness (QED) is 0.587. The van der Waals surface area contributed by atoms with Gasteiger partial charge in [-0.2, -0.15) is 5.26 Å². The van der Waals surface area contributed by atoms with Crippen LogP contribution in [0.5, 0.6) is 5.88 Å². The summed E-state index contributed by atoms with van der Waals surface area (Å²) in [6.07, 6.45) is 5.19. The van der Waals surface area contributed by atoms with E-state index < -0.39 is 0 Å². The minimum Gasteiger partial charge on any atom is -0.474 e. The number of benzene rings is 1. The van der Waals surface area contributed by atoms with Gasteiger partial charge in [-0.1, -0.05) is 6.07 Å². The molecule has 0 unspecified atom stereocenters. The van der Waals surface area contributed by atoms with Crippen LogP contribution in [-0.2, 0) is 4.79 Å². The van der Waals surface area contributed by atoms with E-state index in [1.54, 1.807) is 24.5 Å². The molecule has 142 valence electrons. The Balaban J connectivity index is 1.59. The number of aromatic nitrogens is 2. The first-order chi connectivity index (χ1) is 14.1. The van der Waals surface area contributed by atoms with E-state index in [2.05, 4.69) is 26.7 Å². The molecule has 0 saturated carbocycles. The van der Waals surface area contributed by atoms with Crippen molar-refractivity contribution in [3.8, 4) is 23.1 Å². The van der Waals surface area contributed by atoms with Gasteiger partial charge in [0.25, 0.3) is 5.91 Å². The first-order valence-electron chi connectivity index (χ1n) is 9.26. The molecular weight excluding hydrogens is 366 g/mol. The second-order valence-corrected chi connectivity index (χ2v) is 6.98. The van der Waals surface area contributed by atoms with Gasteiger partial charge in [0.1, 0.15) is 18.4 Å². The molecule has 4 heterocycles. The Bertz CT molecular complexity index is 1230. The number of hydrogen-bond donors (Lipinski definition) is 3. The molecule has 7 nitrogen and oxygen atoms in total. The maximum Gasteiger partial charge on any atom is 0.256 e. The summed E-state index contributed by atoms with van der Waals surface area (Å²) >= 11 is 0. The number of pyridine rings is 1. The number of ether oxygens (including phenoxy) is 1. The zero-order valence-corrected chi connectivity index (χ0v) is 15.7. The van der Waals surface area contributed by atoms with Crippen molar-refractivity contribution in [2.45, 2.75) is 6.92 Å². The van der Waals surface area contributed by atoms with E-state index in [4.69, 9.17) is 10.00 Å². The molecule has 29 heavy (non-hydrogen) atoms. The molecule has 0 bridgehead atoms. The molecule has 7 heteroatoms. The topological polar surface area (TPSA) is 103 Å². The first-order valence-corrected chi connectivity index (χ1v) is 9.26. The van der Waals surface area contributed by atoms with Crippen LogP contribution < -0.4 is 15.4 Å². The molecule has 1 amide bonds. The predicted molar refractivity (Wildman–Crippen MR) is 110 cm³/mol. The lowest BCUT2D eigenvalue weighted by Crippen LogP contribution is -2.20. The van der Waals surface area contributed by atoms with Crippen LogP contribution in [0.2, 0.25) is 0 Å². The Kier molecular flexibility index (Phi) is 3.85. The number of nitrogens with zero attached hydrogens (tertiary/aromatic N) is 2. The third-order valence-corrected chi connectivity index (χ3v) is 5.19. The second-order valence-electron chi connectivity index (χ2n) is 6.98. The number of aromatic amines is 1. The number of hydrogen-bond acceptors (Lipinski definition) is 5. The van der Waals surface area contributed by atoms with Crippen molar-refractivity contribution in [3.05, 3.63) is 59.0 Å². The normalized spacial score (nSPS) is 15.7. The third-order valence-electron chi connectivity index (χ3n) is 5.19. The summed E-state index contributed by atoms with van der Waals surface area (Å²) in [4.78, 5) is 20.0. The minimum absolute atomic E-state index is 0.166. The lowest BCUT2D eigenvalue weighted by Gasteiger charge is -2.21. The highest BCUT2D eigenvalue weighted by atomic mass is 16.5. The van der Waals surface area contributed by atoms with Crippen LogP contribution in [0.25, 0.3) is 22.8 Å². The fraction of sp³-hybridized carbons (Fsp3) is 0.136. The van der Waals surface area contributed by atoms with E-state index in [1.165, 1.54) is 0 Å². The molecule has 2 aliphatic rings. The molecule has 1 aromatic carbocycles. The number of carbonyl (C=O) groups excluding carboxylic acids is 1. The lowest BCUT2D eigenvalue weighted by molar-refractivity contribution is -0.110. The van der Waals surface area contributed by atoms with Crippen LogP contribution in [0.15, 0.2) is 36.7 Å². The van der Waals surface area contributed by atoms with E-state index >= 15 is 0 Å². The third kappa shape index (κ3) is 2.82. The average molecular weight is 383 g/mol. The summed E-state index contributed by atoms with van der Waals surface area (Å²) < 4.78 is 5.61. The molecular formula is C22H17N5O2. The van der Waals surface area contributed by atoms with Crippen molar-refractivity contribution < 1.29 is 9.53 Å². The van der Waals surface area contributed by atoms with Gasteiger partial charge >= 0.3 is 0 Å². The Morgan fingerprint density at radius 2 is 2.17 bits per heavy atom. The van der Waals surface area contributed by atoms with Crippen LogP contribution in [0.3, 0.4) is 0 Å². The first kappa shape index (κ1) is 17.1. The van der Waals surface area contributed by atoms with Gasteiger partial charge in [-0.15, -0.1) is 0 Å². The predicted octanol–water partition coefficient (Wildman–Crippen LogP) is 3.55. The zero-order chi connectivity index (χ0) is 20.0. The number of anilines is 2. The van der Waals surface area contributed by atoms with Crippen molar-refractivity contribution in [2.75, 3.05) is 23.8 Å². The standard InChI is InChI=1S/C22H17N5O2/c1-12-18(11-26-22-20(12)24-4-5-29-22)14-2-3-19-16(7-14)17(21(28)27-19)8-15-6-13(9-23)10-25-15/h2-3,6-8,10-11,24-25H,4-5H2,1H3,(H,27,28). The minimum atomic E-state index is -0.166. The van der Waals surface area contributed by atoms with E-state index in [0.717, 1.165) is 40.2 Å². The van der Waals surface area contributed by atoms with Gasteiger partial charge in [-0.05, 0) is 42.3 Å². The van der Waals surface area contributed by atoms with Gasteiger partial charge in [0.05, 0.1) is 11.1 Å². The van der Waals surface area contributed by atoms with Crippen LogP contribution in [-0.4, -0.2) is 29.0 Å². The van der Waals surface area contributed by atoms with Crippen LogP contribution >= 0.6 is 0 Å². The van der Waals surface area contributed by atoms with E-state index in [1.807, 2.05) is 25.1 Å². The zero-order valence-electron chi connectivity index (χ0n) is 15.7. The van der Waals surface area contributed by atoms with Crippen LogP contribution in [0.1, 0.15) is 22.4 Å². The molecule has 2 aromatic heterocycles. The second kappa shape index (κ2) is 6.53. The smallest absolute Gasteiger partial charge is 0.256 e. The molecule has 0 spiro atoms. The maximum absolute atomic E-state index is 12.5. The number of rotatable bonds is 2. The Hall–Kier alpha value is -4.05. The van der Waals surface area contributed by atoms with Crippen molar-refractivity contribution in [1.82, 2.24) is 9.97 Å². The Morgan fingerprint density at radius 1 is 1.28 bits per heavy atom. The van der Waals surface area contributed by atoms with Crippen LogP contribution in [0.4, 0.5) is 11.4 Å². The number of nitriles is 1. The Morgan fingerprint density at radius 3 is 3.00 bits per heavy atom. The average Bonchev–Trinajstić information content (AvgIpc) is 3.33. The molecule has 3 N–H and O–H groups in total. The maximum atomic E-state index is 12.5. The van der Waals surface area contributed by atoms with Crippen molar-refractivity contribution in [2.24, 2.45) is 0 Å². The number of carbonyl (C=O) groups is 1. The SMILES string of the molecule is Cc1c(-c2ccc3c(c2)C(=Cc2cc(C#N)c[nH]2)C(=O)N3)cnc2c1NCCO2. The van der Waals surface area contributed by atoms with E-state index in [0.29, 0.717) is 29.3 Å². The molecule has 0 saturated heterocycles. The van der Waals surface area contributed by atoms with Gasteiger partial charge in [0.15, 0.2) is 0 Å². The van der Waals surface area contributed by atoms with Crippen LogP contribution in [0, 0.1) is 18.3 Å². The number of H-pyrrole nitrogens is 1. The van der Waals surface area contributed by atoms with E-state index in [-0.39, 0.29) is 5.91 Å². The van der Waals surface area contributed by atoms with Crippen molar-refractivity contribution >= 4 is 28.9 Å². The lowest BCUT2D eigenvalue weighted by atomic mass is 9.96. The summed E-state index contributed by atoms with van der Waals surface area (Å²) in [5, 5.41) is 15.3. The summed E-state index contributed by atoms with van der Waals surface area (Å²) in [5.74, 6) is 0.455. The van der Waals surface area contributed by atoms with E-state index in [9.17, 15) is 4.79 Å². The number of amides is 1.